The van der Waals surface area contributed by atoms with E-state index in [4.69, 9.17) is 0 Å². The summed E-state index contributed by atoms with van der Waals surface area (Å²) in [5.41, 5.74) is 5.53. The number of benzene rings is 3. The summed E-state index contributed by atoms with van der Waals surface area (Å²) >= 11 is 0. The third-order valence-corrected chi connectivity index (χ3v) is 6.85. The molecule has 106 valence electrons. The lowest BCUT2D eigenvalue weighted by atomic mass is 9.95. The Kier molecular flexibility index (Phi) is 3.21. The molecule has 0 bridgehead atoms. The monoisotopic (exact) mass is 301 g/mol. The van der Waals surface area contributed by atoms with Gasteiger partial charge in [0.2, 0.25) is 0 Å². The lowest BCUT2D eigenvalue weighted by Gasteiger charge is -2.06. The molecule has 1 aliphatic heterocycles. The van der Waals surface area contributed by atoms with Gasteiger partial charge in [-0.1, -0.05) is 54.6 Å². The van der Waals surface area contributed by atoms with E-state index >= 15 is 0 Å². The molecular weight excluding hydrogens is 283 g/mol. The van der Waals surface area contributed by atoms with Crippen molar-refractivity contribution in [1.82, 2.24) is 0 Å². The van der Waals surface area contributed by atoms with Crippen LogP contribution >= 0.6 is 7.55 Å². The topological polar surface area (TPSA) is 0 Å². The van der Waals surface area contributed by atoms with Crippen LogP contribution in [0, 0.1) is 0 Å². The van der Waals surface area contributed by atoms with Crippen LogP contribution in [0.5, 0.6) is 0 Å². The van der Waals surface area contributed by atoms with Gasteiger partial charge in [0.05, 0.1) is 0 Å². The van der Waals surface area contributed by atoms with E-state index in [1.165, 1.54) is 38.2 Å². The molecule has 0 fully saturated rings. The molecule has 1 aliphatic rings. The molecule has 1 atom stereocenters. The number of hydrogen-bond donors (Lipinski definition) is 0. The van der Waals surface area contributed by atoms with Crippen molar-refractivity contribution in [2.24, 2.45) is 0 Å². The Morgan fingerprint density at radius 1 is 0.636 bits per heavy atom. The lowest BCUT2D eigenvalue weighted by molar-refractivity contribution is 1.63. The summed E-state index contributed by atoms with van der Waals surface area (Å²) in [6.07, 6.45) is 0. The van der Waals surface area contributed by atoms with Gasteiger partial charge in [0.25, 0.3) is 0 Å². The second-order valence-corrected chi connectivity index (χ2v) is 8.39. The van der Waals surface area contributed by atoms with Crippen LogP contribution in [-0.2, 0) is 0 Å². The van der Waals surface area contributed by atoms with Gasteiger partial charge in [0, 0.05) is 11.1 Å². The zero-order valence-electron chi connectivity index (χ0n) is 12.9. The van der Waals surface area contributed by atoms with Crippen LogP contribution in [0.2, 0.25) is 0 Å². The molecule has 4 rings (SSSR count). The molecule has 0 N–H and O–H groups in total. The minimum Gasteiger partial charge on any atom is -0.0622 e. The Morgan fingerprint density at radius 2 is 1.27 bits per heavy atom. The quantitative estimate of drug-likeness (QED) is 0.435. The van der Waals surface area contributed by atoms with Gasteiger partial charge in [-0.2, -0.15) is 0 Å². The Hall–Kier alpha value is -2.17. The maximum absolute atomic E-state index is 2.32. The van der Waals surface area contributed by atoms with E-state index in [-0.39, 0.29) is 7.55 Å². The second-order valence-electron chi connectivity index (χ2n) is 5.87. The summed E-state index contributed by atoms with van der Waals surface area (Å²) in [5, 5.41) is 4.54. The van der Waals surface area contributed by atoms with Gasteiger partial charge in [-0.25, -0.2) is 0 Å². The number of rotatable bonds is 1. The van der Waals surface area contributed by atoms with E-state index in [2.05, 4.69) is 86.6 Å². The summed E-state index contributed by atoms with van der Waals surface area (Å²) in [7, 11) is -0.326. The highest BCUT2D eigenvalue weighted by atomic mass is 31.1. The first-order valence-electron chi connectivity index (χ1n) is 7.65. The molecule has 1 unspecified atom stereocenters. The highest BCUT2D eigenvalue weighted by Gasteiger charge is 2.36. The molecule has 0 saturated heterocycles. The molecule has 0 radical (unpaired) electrons. The zero-order valence-corrected chi connectivity index (χ0v) is 13.8. The Morgan fingerprint density at radius 3 is 2.05 bits per heavy atom. The maximum Gasteiger partial charge on any atom is 0.169 e. The highest BCUT2D eigenvalue weighted by Crippen LogP contribution is 2.44. The smallest absolute Gasteiger partial charge is 0.0622 e. The second kappa shape index (κ2) is 5.23. The van der Waals surface area contributed by atoms with Crippen molar-refractivity contribution in [2.75, 3.05) is 0 Å². The summed E-state index contributed by atoms with van der Waals surface area (Å²) in [6.45, 7) is 4.54. The average molecular weight is 301 g/mol. The molecule has 3 aromatic carbocycles. The van der Waals surface area contributed by atoms with Gasteiger partial charge in [-0.05, 0) is 43.2 Å². The van der Waals surface area contributed by atoms with Crippen molar-refractivity contribution >= 4 is 23.4 Å². The molecule has 1 heterocycles. The Balaban J connectivity index is 2.10. The SMILES string of the molecule is CC(C)=[P+]1c2ccccc2-c2c(-c3ccccc3)cccc21. The highest BCUT2D eigenvalue weighted by molar-refractivity contribution is 7.74. The standard InChI is InChI=1S/C21H18P/c1-15(2)22-19-13-7-6-11-18(19)21-17(12-8-14-20(21)22)16-9-4-3-5-10-16/h3-14H,1-2H3/q+1. The van der Waals surface area contributed by atoms with Gasteiger partial charge in [-0.3, -0.25) is 0 Å². The molecular formula is C21H18P+. The van der Waals surface area contributed by atoms with E-state index in [1.54, 1.807) is 0 Å². The van der Waals surface area contributed by atoms with Crippen LogP contribution in [-0.4, -0.2) is 5.29 Å². The predicted octanol–water partition coefficient (Wildman–Crippen LogP) is 4.98. The fraction of sp³-hybridized carbons (Fsp3) is 0.0952. The minimum absolute atomic E-state index is 0.326. The number of hydrogen-bond acceptors (Lipinski definition) is 0. The summed E-state index contributed by atoms with van der Waals surface area (Å²) in [5.74, 6) is 0. The van der Waals surface area contributed by atoms with Crippen molar-refractivity contribution in [1.29, 1.82) is 0 Å². The largest absolute Gasteiger partial charge is 0.169 e. The average Bonchev–Trinajstić information content (AvgIpc) is 2.90. The summed E-state index contributed by atoms with van der Waals surface area (Å²) < 4.78 is 0. The van der Waals surface area contributed by atoms with Crippen molar-refractivity contribution in [3.05, 3.63) is 72.8 Å². The molecule has 0 aliphatic carbocycles. The summed E-state index contributed by atoms with van der Waals surface area (Å²) in [6, 6.07) is 26.5. The van der Waals surface area contributed by atoms with Crippen LogP contribution in [0.15, 0.2) is 72.8 Å². The molecule has 0 spiro atoms. The Bertz CT molecular complexity index is 885. The van der Waals surface area contributed by atoms with Gasteiger partial charge >= 0.3 is 0 Å². The Labute approximate surface area is 132 Å². The van der Waals surface area contributed by atoms with Crippen molar-refractivity contribution in [3.63, 3.8) is 0 Å². The van der Waals surface area contributed by atoms with E-state index in [9.17, 15) is 0 Å². The molecule has 0 saturated carbocycles. The van der Waals surface area contributed by atoms with Crippen LogP contribution in [0.3, 0.4) is 0 Å². The molecule has 0 amide bonds. The maximum atomic E-state index is 2.32. The van der Waals surface area contributed by atoms with E-state index < -0.39 is 0 Å². The first-order valence-corrected chi connectivity index (χ1v) is 8.99. The molecule has 22 heavy (non-hydrogen) atoms. The fourth-order valence-corrected chi connectivity index (χ4v) is 5.94. The van der Waals surface area contributed by atoms with E-state index in [1.807, 2.05) is 0 Å². The van der Waals surface area contributed by atoms with Crippen molar-refractivity contribution in [2.45, 2.75) is 13.8 Å². The molecule has 3 aromatic rings. The van der Waals surface area contributed by atoms with Crippen molar-refractivity contribution < 1.29 is 0 Å². The normalized spacial score (nSPS) is 13.6. The van der Waals surface area contributed by atoms with Gasteiger partial charge in [-0.15, -0.1) is 0 Å². The fourth-order valence-electron chi connectivity index (χ4n) is 3.36. The zero-order chi connectivity index (χ0) is 15.1. The molecule has 0 aromatic heterocycles. The predicted molar refractivity (Wildman–Crippen MR) is 99.9 cm³/mol. The van der Waals surface area contributed by atoms with Crippen molar-refractivity contribution in [3.8, 4) is 22.3 Å². The van der Waals surface area contributed by atoms with Gasteiger partial charge < -0.3 is 0 Å². The van der Waals surface area contributed by atoms with Gasteiger partial charge in [0.1, 0.15) is 5.29 Å². The van der Waals surface area contributed by atoms with E-state index in [0.29, 0.717) is 0 Å². The number of fused-ring (bicyclic) bond motifs is 3. The van der Waals surface area contributed by atoms with Crippen LogP contribution < -0.4 is 10.6 Å². The first kappa shape index (κ1) is 13.5. The minimum atomic E-state index is -0.326. The summed E-state index contributed by atoms with van der Waals surface area (Å²) in [4.78, 5) is 0. The van der Waals surface area contributed by atoms with Crippen LogP contribution in [0.1, 0.15) is 13.8 Å². The van der Waals surface area contributed by atoms with Crippen LogP contribution in [0.4, 0.5) is 0 Å². The lowest BCUT2D eigenvalue weighted by Crippen LogP contribution is -2.03. The van der Waals surface area contributed by atoms with E-state index in [0.717, 1.165) is 0 Å². The van der Waals surface area contributed by atoms with Gasteiger partial charge in [0.15, 0.2) is 18.2 Å². The first-order chi connectivity index (χ1) is 10.8. The molecule has 1 heteroatoms. The van der Waals surface area contributed by atoms with Crippen LogP contribution in [0.25, 0.3) is 22.3 Å². The molecule has 0 nitrogen and oxygen atoms in total. The third-order valence-electron chi connectivity index (χ3n) is 4.23. The third kappa shape index (κ3) is 1.95.